The van der Waals surface area contributed by atoms with E-state index in [4.69, 9.17) is 4.74 Å². The van der Waals surface area contributed by atoms with E-state index < -0.39 is 39.4 Å². The molecule has 4 rings (SSSR count). The number of carbonyl (C=O) groups is 2. The third-order valence-electron chi connectivity index (χ3n) is 9.17. The Bertz CT molecular complexity index is 1170. The summed E-state index contributed by atoms with van der Waals surface area (Å²) in [4.78, 5) is 28.8. The summed E-state index contributed by atoms with van der Waals surface area (Å²) in [6.45, 7) is 10.5. The number of carbonyl (C=O) groups excluding carboxylic acids is 2. The zero-order valence-electron chi connectivity index (χ0n) is 25.9. The van der Waals surface area contributed by atoms with Crippen LogP contribution in [-0.2, 0) is 25.8 Å². The fourth-order valence-corrected chi connectivity index (χ4v) is 9.57. The van der Waals surface area contributed by atoms with Gasteiger partial charge in [0.25, 0.3) is 0 Å². The molecule has 0 bridgehead atoms. The number of β-amino-alcohol motifs (C(OH)–C–C–N with tert-alkyl or cyclic N) is 1. The molecule has 9 nitrogen and oxygen atoms in total. The van der Waals surface area contributed by atoms with Crippen molar-refractivity contribution in [1.29, 1.82) is 0 Å². The van der Waals surface area contributed by atoms with Gasteiger partial charge in [0.05, 0.1) is 23.9 Å². The van der Waals surface area contributed by atoms with E-state index in [9.17, 15) is 23.1 Å². The zero-order valence-corrected chi connectivity index (χ0v) is 26.7. The summed E-state index contributed by atoms with van der Waals surface area (Å²) in [7, 11) is -3.33. The van der Waals surface area contributed by atoms with Crippen LogP contribution in [-0.4, -0.2) is 84.3 Å². The highest BCUT2D eigenvalue weighted by Crippen LogP contribution is 2.39. The van der Waals surface area contributed by atoms with Gasteiger partial charge in [0.2, 0.25) is 5.91 Å². The van der Waals surface area contributed by atoms with E-state index in [0.717, 1.165) is 31.4 Å². The molecule has 2 saturated heterocycles. The number of nitrogens with one attached hydrogen (secondary N) is 2. The Morgan fingerprint density at radius 2 is 1.74 bits per heavy atom. The van der Waals surface area contributed by atoms with Crippen molar-refractivity contribution in [3.8, 4) is 0 Å². The minimum atomic E-state index is -3.33. The molecular formula is C32H51N3O6S. The largest absolute Gasteiger partial charge is 0.445 e. The molecule has 10 heteroatoms. The van der Waals surface area contributed by atoms with Crippen molar-refractivity contribution in [2.45, 2.75) is 115 Å². The Balaban J connectivity index is 1.50. The van der Waals surface area contributed by atoms with Crippen LogP contribution in [0.25, 0.3) is 0 Å². The summed E-state index contributed by atoms with van der Waals surface area (Å²) in [6.07, 6.45) is 3.63. The van der Waals surface area contributed by atoms with Gasteiger partial charge < -0.3 is 20.5 Å². The Labute approximate surface area is 252 Å². The van der Waals surface area contributed by atoms with Gasteiger partial charge in [-0.1, -0.05) is 63.4 Å². The number of amides is 2. The molecule has 1 aromatic rings. The SMILES string of the molecule is CC(C)C1[C@@H](OC(=O)N[C@@H](Cc2ccccc2)[C@H](O)CN2C[C@H]3CCCC[C@H]3C[C@H]2C(=O)NC(C)(C)C)CCS1(=O)=O. The standard InChI is InChI=1S/C32H51N3O6S/c1-21(2)29-28(15-16-42(29,39)40)41-31(38)33-25(17-22-11-7-6-8-12-22)27(36)20-35-19-24-14-10-9-13-23(24)18-26(35)30(37)34-32(3,4)5/h6-8,11-12,21,23-29,36H,9-10,13-20H2,1-5H3,(H,33,38)(H,34,37)/t23-,24+,25-,26-,27+,28-,29?/m0/s1. The molecule has 3 fully saturated rings. The minimum absolute atomic E-state index is 0.000991. The normalized spacial score (nSPS) is 29.4. The molecule has 2 amide bonds. The Kier molecular flexibility index (Phi) is 10.6. The quantitative estimate of drug-likeness (QED) is 0.392. The lowest BCUT2D eigenvalue weighted by Crippen LogP contribution is -2.60. The number of alkyl carbamates (subject to hydrolysis) is 1. The van der Waals surface area contributed by atoms with Crippen LogP contribution in [0, 0.1) is 17.8 Å². The maximum Gasteiger partial charge on any atom is 0.407 e. The van der Waals surface area contributed by atoms with E-state index in [2.05, 4.69) is 15.5 Å². The van der Waals surface area contributed by atoms with Crippen LogP contribution in [0.5, 0.6) is 0 Å². The van der Waals surface area contributed by atoms with Gasteiger partial charge in [-0.15, -0.1) is 0 Å². The minimum Gasteiger partial charge on any atom is -0.445 e. The van der Waals surface area contributed by atoms with Crippen LogP contribution in [0.2, 0.25) is 0 Å². The average molecular weight is 606 g/mol. The molecule has 3 aliphatic rings. The molecule has 0 aromatic heterocycles. The van der Waals surface area contributed by atoms with E-state index >= 15 is 0 Å². The topological polar surface area (TPSA) is 125 Å². The van der Waals surface area contributed by atoms with E-state index in [1.165, 1.54) is 12.8 Å². The number of hydrogen-bond donors (Lipinski definition) is 3. The van der Waals surface area contributed by atoms with Gasteiger partial charge in [0.15, 0.2) is 9.84 Å². The first-order valence-corrected chi connectivity index (χ1v) is 17.4. The number of aliphatic hydroxyl groups is 1. The van der Waals surface area contributed by atoms with Crippen LogP contribution < -0.4 is 10.6 Å². The second-order valence-electron chi connectivity index (χ2n) is 14.1. The van der Waals surface area contributed by atoms with Gasteiger partial charge >= 0.3 is 6.09 Å². The summed E-state index contributed by atoms with van der Waals surface area (Å²) in [6, 6.07) is 8.58. The molecule has 1 aromatic carbocycles. The summed E-state index contributed by atoms with van der Waals surface area (Å²) in [5, 5.41) is 16.9. The molecule has 2 heterocycles. The monoisotopic (exact) mass is 605 g/mol. The van der Waals surface area contributed by atoms with Crippen LogP contribution >= 0.6 is 0 Å². The lowest BCUT2D eigenvalue weighted by atomic mass is 9.72. The molecular weight excluding hydrogens is 554 g/mol. The third kappa shape index (κ3) is 8.47. The first-order valence-electron chi connectivity index (χ1n) is 15.7. The van der Waals surface area contributed by atoms with Gasteiger partial charge in [-0.05, 0) is 69.8 Å². The highest BCUT2D eigenvalue weighted by atomic mass is 32.2. The number of sulfone groups is 1. The molecule has 1 unspecified atom stereocenters. The van der Waals surface area contributed by atoms with Crippen LogP contribution in [0.1, 0.15) is 78.7 Å². The lowest BCUT2D eigenvalue weighted by molar-refractivity contribution is -0.132. The first-order chi connectivity index (χ1) is 19.7. The zero-order chi connectivity index (χ0) is 30.7. The third-order valence-corrected chi connectivity index (χ3v) is 11.7. The van der Waals surface area contributed by atoms with Crippen LogP contribution in [0.4, 0.5) is 4.79 Å². The summed E-state index contributed by atoms with van der Waals surface area (Å²) >= 11 is 0. The van der Waals surface area contributed by atoms with E-state index in [0.29, 0.717) is 18.3 Å². The highest BCUT2D eigenvalue weighted by Gasteiger charge is 2.45. The fourth-order valence-electron chi connectivity index (χ4n) is 7.25. The maximum absolute atomic E-state index is 13.5. The average Bonchev–Trinajstić information content (AvgIpc) is 3.20. The summed E-state index contributed by atoms with van der Waals surface area (Å²) < 4.78 is 30.8. The van der Waals surface area contributed by atoms with Crippen molar-refractivity contribution in [2.75, 3.05) is 18.8 Å². The molecule has 1 saturated carbocycles. The number of benzene rings is 1. The molecule has 0 spiro atoms. The molecule has 7 atom stereocenters. The van der Waals surface area contributed by atoms with E-state index in [-0.39, 0.29) is 42.1 Å². The highest BCUT2D eigenvalue weighted by molar-refractivity contribution is 7.92. The van der Waals surface area contributed by atoms with Gasteiger partial charge in [0.1, 0.15) is 11.4 Å². The number of ether oxygens (including phenoxy) is 1. The maximum atomic E-state index is 13.5. The smallest absolute Gasteiger partial charge is 0.407 e. The predicted molar refractivity (Wildman–Crippen MR) is 164 cm³/mol. The number of rotatable bonds is 9. The first kappa shape index (κ1) is 32.7. The number of fused-ring (bicyclic) bond motifs is 1. The Morgan fingerprint density at radius 3 is 2.38 bits per heavy atom. The number of nitrogens with zero attached hydrogens (tertiary/aromatic N) is 1. The Hall–Kier alpha value is -2.17. The fraction of sp³-hybridized carbons (Fsp3) is 0.750. The number of likely N-dealkylation sites (tertiary alicyclic amines) is 1. The van der Waals surface area contributed by atoms with Gasteiger partial charge in [0, 0.05) is 18.6 Å². The van der Waals surface area contributed by atoms with E-state index in [1.807, 2.05) is 65.0 Å². The van der Waals surface area contributed by atoms with Crippen molar-refractivity contribution < 1.29 is 27.9 Å². The molecule has 1 aliphatic carbocycles. The van der Waals surface area contributed by atoms with Gasteiger partial charge in [-0.3, -0.25) is 9.69 Å². The van der Waals surface area contributed by atoms with Crippen molar-refractivity contribution >= 4 is 21.8 Å². The van der Waals surface area contributed by atoms with E-state index in [1.54, 1.807) is 0 Å². The van der Waals surface area contributed by atoms with Crippen molar-refractivity contribution in [3.63, 3.8) is 0 Å². The van der Waals surface area contributed by atoms with Crippen molar-refractivity contribution in [3.05, 3.63) is 35.9 Å². The van der Waals surface area contributed by atoms with Crippen LogP contribution in [0.15, 0.2) is 30.3 Å². The number of aliphatic hydroxyl groups excluding tert-OH is 1. The molecule has 2 aliphatic heterocycles. The summed E-state index contributed by atoms with van der Waals surface area (Å²) in [5.41, 5.74) is 0.575. The number of hydrogen-bond acceptors (Lipinski definition) is 7. The van der Waals surface area contributed by atoms with Gasteiger partial charge in [-0.25, -0.2) is 13.2 Å². The molecule has 236 valence electrons. The number of piperidine rings is 1. The lowest BCUT2D eigenvalue weighted by Gasteiger charge is -2.47. The second kappa shape index (κ2) is 13.6. The molecule has 0 radical (unpaired) electrons. The van der Waals surface area contributed by atoms with Crippen molar-refractivity contribution in [2.24, 2.45) is 17.8 Å². The van der Waals surface area contributed by atoms with Gasteiger partial charge in [-0.2, -0.15) is 0 Å². The Morgan fingerprint density at radius 1 is 1.07 bits per heavy atom. The summed E-state index contributed by atoms with van der Waals surface area (Å²) in [5.74, 6) is 0.798. The second-order valence-corrected chi connectivity index (χ2v) is 16.3. The predicted octanol–water partition coefficient (Wildman–Crippen LogP) is 3.69. The van der Waals surface area contributed by atoms with Crippen molar-refractivity contribution in [1.82, 2.24) is 15.5 Å². The van der Waals surface area contributed by atoms with Crippen LogP contribution in [0.3, 0.4) is 0 Å². The molecule has 42 heavy (non-hydrogen) atoms. The molecule has 3 N–H and O–H groups in total.